The number of ether oxygens (including phenoxy) is 1. The van der Waals surface area contributed by atoms with Gasteiger partial charge in [-0.3, -0.25) is 0 Å². The first kappa shape index (κ1) is 11.8. The second-order valence-corrected chi connectivity index (χ2v) is 3.25. The highest BCUT2D eigenvalue weighted by molar-refractivity contribution is 6.32. The van der Waals surface area contributed by atoms with Crippen molar-refractivity contribution in [3.63, 3.8) is 0 Å². The van der Waals surface area contributed by atoms with Gasteiger partial charge in [-0.1, -0.05) is 29.1 Å². The van der Waals surface area contributed by atoms with Crippen LogP contribution in [-0.2, 0) is 9.53 Å². The number of pyridine rings is 1. The lowest BCUT2D eigenvalue weighted by molar-refractivity contribution is -0.136. The number of rotatable bonds is 1. The van der Waals surface area contributed by atoms with Crippen molar-refractivity contribution in [1.29, 1.82) is 0 Å². The third kappa shape index (κ3) is 4.20. The van der Waals surface area contributed by atoms with Crippen LogP contribution in [0.4, 0.5) is 0 Å². The molecule has 0 radical (unpaired) electrons. The van der Waals surface area contributed by atoms with Gasteiger partial charge in [0.1, 0.15) is 10.3 Å². The Morgan fingerprint density at radius 1 is 1.47 bits per heavy atom. The van der Waals surface area contributed by atoms with E-state index in [-0.39, 0.29) is 10.3 Å². The topological polar surface area (TPSA) is 39.2 Å². The molecule has 1 aromatic heterocycles. The minimum Gasteiger partial charge on any atom is -0.456 e. The molecule has 5 heteroatoms. The van der Waals surface area contributed by atoms with E-state index in [0.717, 1.165) is 0 Å². The van der Waals surface area contributed by atoms with Crippen LogP contribution in [0.1, 0.15) is 12.5 Å². The molecule has 0 aromatic carbocycles. The number of carbonyl (C=O) groups is 1. The Morgan fingerprint density at radius 2 is 2.07 bits per heavy atom. The Hall–Kier alpha value is -1.24. The summed E-state index contributed by atoms with van der Waals surface area (Å²) in [7, 11) is 0. The number of halogens is 2. The maximum Gasteiger partial charge on any atom is 0.384 e. The molecule has 0 aliphatic heterocycles. The summed E-state index contributed by atoms with van der Waals surface area (Å²) in [6.07, 6.45) is 0. The van der Waals surface area contributed by atoms with Crippen LogP contribution in [0, 0.1) is 11.8 Å². The van der Waals surface area contributed by atoms with Gasteiger partial charge in [-0.05, 0) is 19.1 Å². The second-order valence-electron chi connectivity index (χ2n) is 2.47. The summed E-state index contributed by atoms with van der Waals surface area (Å²) in [5.41, 5.74) is 0.521. The molecular weight excluding hydrogens is 237 g/mol. The van der Waals surface area contributed by atoms with Crippen LogP contribution in [0.3, 0.4) is 0 Å². The molecule has 0 amide bonds. The number of carbonyl (C=O) groups excluding carboxylic acids is 1. The average molecular weight is 244 g/mol. The summed E-state index contributed by atoms with van der Waals surface area (Å²) < 4.78 is 4.63. The lowest BCUT2D eigenvalue weighted by Crippen LogP contribution is -1.99. The Bertz CT molecular complexity index is 415. The summed E-state index contributed by atoms with van der Waals surface area (Å²) in [5, 5.41) is 0.464. The highest BCUT2D eigenvalue weighted by Crippen LogP contribution is 2.13. The molecule has 1 rings (SSSR count). The van der Waals surface area contributed by atoms with E-state index in [2.05, 4.69) is 21.6 Å². The third-order valence-corrected chi connectivity index (χ3v) is 1.73. The van der Waals surface area contributed by atoms with Crippen molar-refractivity contribution < 1.29 is 9.53 Å². The molecule has 0 spiro atoms. The van der Waals surface area contributed by atoms with Gasteiger partial charge in [-0.15, -0.1) is 0 Å². The van der Waals surface area contributed by atoms with Crippen molar-refractivity contribution in [3.8, 4) is 11.8 Å². The quantitative estimate of drug-likeness (QED) is 0.432. The van der Waals surface area contributed by atoms with Gasteiger partial charge < -0.3 is 4.74 Å². The standard InChI is InChI=1S/C10H7Cl2NO2/c1-2-15-10(14)4-3-7-5-8(11)13-9(12)6-7/h5-6H,2H2,1H3. The number of esters is 1. The molecule has 1 heterocycles. The minimum atomic E-state index is -0.582. The van der Waals surface area contributed by atoms with Crippen LogP contribution in [0.5, 0.6) is 0 Å². The van der Waals surface area contributed by atoms with Crippen LogP contribution >= 0.6 is 23.2 Å². The van der Waals surface area contributed by atoms with E-state index in [9.17, 15) is 4.79 Å². The van der Waals surface area contributed by atoms with Crippen molar-refractivity contribution in [1.82, 2.24) is 4.98 Å². The van der Waals surface area contributed by atoms with Crippen molar-refractivity contribution >= 4 is 29.2 Å². The van der Waals surface area contributed by atoms with E-state index in [0.29, 0.717) is 12.2 Å². The second kappa shape index (κ2) is 5.59. The van der Waals surface area contributed by atoms with Crippen LogP contribution in [-0.4, -0.2) is 17.6 Å². The number of hydrogen-bond donors (Lipinski definition) is 0. The molecule has 0 N–H and O–H groups in total. The van der Waals surface area contributed by atoms with Crippen LogP contribution < -0.4 is 0 Å². The molecule has 0 atom stereocenters. The third-order valence-electron chi connectivity index (χ3n) is 1.35. The monoisotopic (exact) mass is 243 g/mol. The fourth-order valence-electron chi connectivity index (χ4n) is 0.827. The Labute approximate surface area is 97.4 Å². The molecule has 1 aromatic rings. The van der Waals surface area contributed by atoms with Gasteiger partial charge in [0.15, 0.2) is 0 Å². The van der Waals surface area contributed by atoms with E-state index >= 15 is 0 Å². The number of aromatic nitrogens is 1. The number of hydrogen-bond acceptors (Lipinski definition) is 3. The molecule has 0 unspecified atom stereocenters. The predicted octanol–water partition coefficient (Wildman–Crippen LogP) is 2.30. The molecule has 3 nitrogen and oxygen atoms in total. The molecule has 0 saturated heterocycles. The first-order chi connectivity index (χ1) is 7.11. The highest BCUT2D eigenvalue weighted by atomic mass is 35.5. The zero-order valence-electron chi connectivity index (χ0n) is 7.88. The first-order valence-corrected chi connectivity index (χ1v) is 4.89. The average Bonchev–Trinajstić information content (AvgIpc) is 2.14. The van der Waals surface area contributed by atoms with E-state index in [1.807, 2.05) is 0 Å². The maximum atomic E-state index is 10.9. The van der Waals surface area contributed by atoms with E-state index in [1.54, 1.807) is 6.92 Å². The lowest BCUT2D eigenvalue weighted by Gasteiger charge is -1.94. The molecule has 15 heavy (non-hydrogen) atoms. The summed E-state index contributed by atoms with van der Waals surface area (Å²) in [5.74, 6) is 4.29. The summed E-state index contributed by atoms with van der Waals surface area (Å²) in [6.45, 7) is 2.01. The van der Waals surface area contributed by atoms with Gasteiger partial charge in [0, 0.05) is 11.5 Å². The van der Waals surface area contributed by atoms with Crippen molar-refractivity contribution in [2.24, 2.45) is 0 Å². The summed E-state index contributed by atoms with van der Waals surface area (Å²) in [6, 6.07) is 3.03. The molecule has 0 aliphatic rings. The van der Waals surface area contributed by atoms with Gasteiger partial charge in [-0.2, -0.15) is 0 Å². The molecule has 78 valence electrons. The summed E-state index contributed by atoms with van der Waals surface area (Å²) >= 11 is 11.3. The SMILES string of the molecule is CCOC(=O)C#Cc1cc(Cl)nc(Cl)c1. The van der Waals surface area contributed by atoms with Gasteiger partial charge in [-0.25, -0.2) is 9.78 Å². The van der Waals surface area contributed by atoms with Crippen molar-refractivity contribution in [2.45, 2.75) is 6.92 Å². The van der Waals surface area contributed by atoms with Crippen molar-refractivity contribution in [2.75, 3.05) is 6.61 Å². The van der Waals surface area contributed by atoms with E-state index in [4.69, 9.17) is 23.2 Å². The van der Waals surface area contributed by atoms with Crippen LogP contribution in [0.15, 0.2) is 12.1 Å². The Morgan fingerprint density at radius 3 is 2.60 bits per heavy atom. The minimum absolute atomic E-state index is 0.232. The molecular formula is C10H7Cl2NO2. The Kier molecular flexibility index (Phi) is 4.41. The van der Waals surface area contributed by atoms with Gasteiger partial charge in [0.05, 0.1) is 6.61 Å². The summed E-state index contributed by atoms with van der Waals surface area (Å²) in [4.78, 5) is 14.7. The van der Waals surface area contributed by atoms with Gasteiger partial charge in [0.2, 0.25) is 0 Å². The zero-order chi connectivity index (χ0) is 11.3. The maximum absolute atomic E-state index is 10.9. The zero-order valence-corrected chi connectivity index (χ0v) is 9.39. The van der Waals surface area contributed by atoms with Crippen LogP contribution in [0.2, 0.25) is 10.3 Å². The van der Waals surface area contributed by atoms with Crippen LogP contribution in [0.25, 0.3) is 0 Å². The Balaban J connectivity index is 2.84. The van der Waals surface area contributed by atoms with Crippen molar-refractivity contribution in [3.05, 3.63) is 28.0 Å². The fraction of sp³-hybridized carbons (Fsp3) is 0.200. The fourth-order valence-corrected chi connectivity index (χ4v) is 1.29. The molecule has 0 aliphatic carbocycles. The smallest absolute Gasteiger partial charge is 0.384 e. The largest absolute Gasteiger partial charge is 0.456 e. The lowest BCUT2D eigenvalue weighted by atomic mass is 10.3. The van der Waals surface area contributed by atoms with Gasteiger partial charge in [0.25, 0.3) is 0 Å². The van der Waals surface area contributed by atoms with Gasteiger partial charge >= 0.3 is 5.97 Å². The predicted molar refractivity (Wildman–Crippen MR) is 57.8 cm³/mol. The van der Waals surface area contributed by atoms with E-state index < -0.39 is 5.97 Å². The molecule has 0 saturated carbocycles. The molecule has 0 bridgehead atoms. The highest BCUT2D eigenvalue weighted by Gasteiger charge is 1.97. The van der Waals surface area contributed by atoms with E-state index in [1.165, 1.54) is 12.1 Å². The molecule has 0 fully saturated rings. The first-order valence-electron chi connectivity index (χ1n) is 4.13. The number of nitrogens with zero attached hydrogens (tertiary/aromatic N) is 1. The normalized spacial score (nSPS) is 9.00.